The van der Waals surface area contributed by atoms with Crippen LogP contribution in [0.5, 0.6) is 0 Å². The van der Waals surface area contributed by atoms with Crippen molar-refractivity contribution in [3.63, 3.8) is 0 Å². The molecule has 0 bridgehead atoms. The lowest BCUT2D eigenvalue weighted by Crippen LogP contribution is -2.24. The van der Waals surface area contributed by atoms with Crippen LogP contribution < -0.4 is 11.1 Å². The fraction of sp³-hybridized carbons (Fsp3) is 0.0833. The van der Waals surface area contributed by atoms with Crippen LogP contribution in [-0.4, -0.2) is 15.9 Å². The van der Waals surface area contributed by atoms with E-state index in [0.29, 0.717) is 0 Å². The number of nitrogens with two attached hydrogens (primary N) is 1. The van der Waals surface area contributed by atoms with E-state index in [2.05, 4.69) is 20.3 Å². The number of alkyl halides is 3. The van der Waals surface area contributed by atoms with E-state index >= 15 is 0 Å². The van der Waals surface area contributed by atoms with Crippen molar-refractivity contribution in [1.29, 1.82) is 0 Å². The summed E-state index contributed by atoms with van der Waals surface area (Å²) >= 11 is 0. The Morgan fingerprint density at radius 2 is 1.75 bits per heavy atom. The molecule has 1 heterocycles. The minimum Gasteiger partial charge on any atom is -0.369 e. The van der Waals surface area contributed by atoms with Gasteiger partial charge in [-0.1, -0.05) is 12.1 Å². The van der Waals surface area contributed by atoms with Crippen LogP contribution in [0.15, 0.2) is 47.7 Å². The molecule has 8 heteroatoms. The first kappa shape index (κ1) is 13.8. The van der Waals surface area contributed by atoms with E-state index in [4.69, 9.17) is 5.73 Å². The summed E-state index contributed by atoms with van der Waals surface area (Å²) in [6.45, 7) is 0. The third-order valence-corrected chi connectivity index (χ3v) is 2.27. The van der Waals surface area contributed by atoms with E-state index in [1.807, 2.05) is 0 Å². The maximum Gasteiger partial charge on any atom is 0.418 e. The first-order valence-electron chi connectivity index (χ1n) is 5.51. The topological polar surface area (TPSA) is 76.2 Å². The smallest absolute Gasteiger partial charge is 0.369 e. The summed E-state index contributed by atoms with van der Waals surface area (Å²) in [6.07, 6.45) is -1.58. The molecule has 0 radical (unpaired) electrons. The van der Waals surface area contributed by atoms with Crippen molar-refractivity contribution in [3.8, 4) is 0 Å². The number of nitrogens with zero attached hydrogens (tertiary/aromatic N) is 3. The van der Waals surface area contributed by atoms with Crippen LogP contribution in [0.3, 0.4) is 0 Å². The molecule has 1 aromatic heterocycles. The van der Waals surface area contributed by atoms with Gasteiger partial charge >= 0.3 is 6.18 Å². The molecule has 0 amide bonds. The van der Waals surface area contributed by atoms with Gasteiger partial charge in [-0.25, -0.2) is 9.97 Å². The quantitative estimate of drug-likeness (QED) is 0.655. The fourth-order valence-electron chi connectivity index (χ4n) is 1.46. The lowest BCUT2D eigenvalue weighted by Gasteiger charge is -2.13. The second-order valence-electron chi connectivity index (χ2n) is 3.71. The van der Waals surface area contributed by atoms with Crippen molar-refractivity contribution in [1.82, 2.24) is 9.97 Å². The molecule has 0 aliphatic carbocycles. The summed E-state index contributed by atoms with van der Waals surface area (Å²) in [5, 5.41) is 2.39. The summed E-state index contributed by atoms with van der Waals surface area (Å²) in [4.78, 5) is 11.4. The molecule has 0 aliphatic heterocycles. The normalized spacial score (nSPS) is 12.2. The van der Waals surface area contributed by atoms with E-state index in [9.17, 15) is 13.2 Å². The summed E-state index contributed by atoms with van der Waals surface area (Å²) in [7, 11) is 0. The molecule has 0 atom stereocenters. The Bertz CT molecular complexity index is 610. The summed E-state index contributed by atoms with van der Waals surface area (Å²) in [5.74, 6) is -0.171. The van der Waals surface area contributed by atoms with E-state index in [-0.39, 0.29) is 17.6 Å². The molecule has 3 N–H and O–H groups in total. The van der Waals surface area contributed by atoms with E-state index in [1.54, 1.807) is 6.07 Å². The third-order valence-electron chi connectivity index (χ3n) is 2.27. The largest absolute Gasteiger partial charge is 0.418 e. The van der Waals surface area contributed by atoms with Crippen LogP contribution in [0.1, 0.15) is 5.56 Å². The van der Waals surface area contributed by atoms with E-state index in [0.717, 1.165) is 6.07 Å². The Hall–Kier alpha value is -2.64. The highest BCUT2D eigenvalue weighted by atomic mass is 19.4. The Balaban J connectivity index is 2.25. The molecule has 104 valence electrons. The lowest BCUT2D eigenvalue weighted by molar-refractivity contribution is -0.136. The number of aromatic nitrogens is 2. The summed E-state index contributed by atoms with van der Waals surface area (Å²) in [6, 6.07) is 6.55. The third kappa shape index (κ3) is 3.44. The molecule has 1 aromatic carbocycles. The number of hydrogen-bond donors (Lipinski definition) is 2. The highest BCUT2D eigenvalue weighted by Crippen LogP contribution is 2.34. The molecule has 5 nitrogen and oxygen atoms in total. The second kappa shape index (κ2) is 5.55. The maximum atomic E-state index is 12.8. The highest BCUT2D eigenvalue weighted by Gasteiger charge is 2.33. The van der Waals surface area contributed by atoms with Crippen molar-refractivity contribution in [2.24, 2.45) is 10.7 Å². The molecule has 0 unspecified atom stereocenters. The van der Waals surface area contributed by atoms with Crippen LogP contribution in [-0.2, 0) is 6.18 Å². The first-order chi connectivity index (χ1) is 9.47. The van der Waals surface area contributed by atoms with Crippen molar-refractivity contribution >= 4 is 17.6 Å². The second-order valence-corrected chi connectivity index (χ2v) is 3.71. The molecule has 0 aliphatic rings. The molecule has 20 heavy (non-hydrogen) atoms. The molecule has 0 saturated heterocycles. The highest BCUT2D eigenvalue weighted by molar-refractivity contribution is 5.94. The first-order valence-corrected chi connectivity index (χ1v) is 5.51. The summed E-state index contributed by atoms with van der Waals surface area (Å²) < 4.78 is 38.3. The van der Waals surface area contributed by atoms with Crippen molar-refractivity contribution in [3.05, 3.63) is 48.3 Å². The van der Waals surface area contributed by atoms with Crippen molar-refractivity contribution in [2.75, 3.05) is 5.32 Å². The molecule has 0 spiro atoms. The Kier molecular flexibility index (Phi) is 3.83. The SMILES string of the molecule is N/C(=N\c1ncccn1)Nc1ccccc1C(F)(F)F. The zero-order valence-corrected chi connectivity index (χ0v) is 10.1. The number of para-hydroxylation sites is 1. The zero-order chi connectivity index (χ0) is 14.6. The van der Waals surface area contributed by atoms with Gasteiger partial charge in [0, 0.05) is 12.4 Å². The number of aliphatic imine (C=N–C) groups is 1. The summed E-state index contributed by atoms with van der Waals surface area (Å²) in [5.41, 5.74) is 4.53. The van der Waals surface area contributed by atoms with Gasteiger partial charge in [0.1, 0.15) is 0 Å². The van der Waals surface area contributed by atoms with Gasteiger partial charge in [-0.15, -0.1) is 0 Å². The van der Waals surface area contributed by atoms with Crippen LogP contribution >= 0.6 is 0 Å². The molecule has 2 aromatic rings. The molecular weight excluding hydrogens is 271 g/mol. The predicted octanol–water partition coefficient (Wildman–Crippen LogP) is 2.55. The molecular formula is C12H10F3N5. The molecule has 2 rings (SSSR count). The van der Waals surface area contributed by atoms with E-state index in [1.165, 1.54) is 30.6 Å². The van der Waals surface area contributed by atoms with Crippen LogP contribution in [0.4, 0.5) is 24.8 Å². The average molecular weight is 281 g/mol. The van der Waals surface area contributed by atoms with Crippen molar-refractivity contribution in [2.45, 2.75) is 6.18 Å². The van der Waals surface area contributed by atoms with Crippen LogP contribution in [0, 0.1) is 0 Å². The Morgan fingerprint density at radius 1 is 1.10 bits per heavy atom. The van der Waals surface area contributed by atoms with Gasteiger partial charge in [0.2, 0.25) is 5.96 Å². The average Bonchev–Trinajstić information content (AvgIpc) is 2.39. The predicted molar refractivity (Wildman–Crippen MR) is 68.4 cm³/mol. The van der Waals surface area contributed by atoms with Gasteiger partial charge < -0.3 is 11.1 Å². The fourth-order valence-corrected chi connectivity index (χ4v) is 1.46. The number of benzene rings is 1. The Labute approximate surface area is 112 Å². The number of hydrogen-bond acceptors (Lipinski definition) is 3. The van der Waals surface area contributed by atoms with Gasteiger partial charge in [0.05, 0.1) is 11.3 Å². The van der Waals surface area contributed by atoms with Crippen LogP contribution in [0.2, 0.25) is 0 Å². The van der Waals surface area contributed by atoms with Gasteiger partial charge in [0.15, 0.2) is 0 Å². The number of halogens is 3. The van der Waals surface area contributed by atoms with Gasteiger partial charge in [-0.2, -0.15) is 18.2 Å². The monoisotopic (exact) mass is 281 g/mol. The molecule has 0 saturated carbocycles. The lowest BCUT2D eigenvalue weighted by atomic mass is 10.1. The Morgan fingerprint density at radius 3 is 2.40 bits per heavy atom. The number of rotatable bonds is 2. The minimum atomic E-state index is -4.48. The van der Waals surface area contributed by atoms with E-state index < -0.39 is 11.7 Å². The molecule has 0 fully saturated rings. The standard InChI is InChI=1S/C12H10F3N5/c13-12(14,15)8-4-1-2-5-9(8)19-10(16)20-11-17-6-3-7-18-11/h1-7H,(H3,16,17,18,19,20). The zero-order valence-electron chi connectivity index (χ0n) is 10.1. The van der Waals surface area contributed by atoms with Gasteiger partial charge in [-0.3, -0.25) is 0 Å². The van der Waals surface area contributed by atoms with Gasteiger partial charge in [0.25, 0.3) is 5.95 Å². The van der Waals surface area contributed by atoms with Gasteiger partial charge in [-0.05, 0) is 18.2 Å². The van der Waals surface area contributed by atoms with Crippen LogP contribution in [0.25, 0.3) is 0 Å². The number of anilines is 1. The number of nitrogens with one attached hydrogen (secondary N) is 1. The maximum absolute atomic E-state index is 12.8. The minimum absolute atomic E-state index is 0.0574. The number of guanidine groups is 1. The van der Waals surface area contributed by atoms with Crippen molar-refractivity contribution < 1.29 is 13.2 Å².